The number of aromatic nitrogens is 1. The Morgan fingerprint density at radius 1 is 1.42 bits per heavy atom. The highest BCUT2D eigenvalue weighted by Crippen LogP contribution is 2.31. The molecule has 1 atom stereocenters. The van der Waals surface area contributed by atoms with Gasteiger partial charge in [0.05, 0.1) is 0 Å². The molecule has 2 heterocycles. The lowest BCUT2D eigenvalue weighted by Crippen LogP contribution is -2.24. The van der Waals surface area contributed by atoms with Crippen molar-refractivity contribution in [2.75, 3.05) is 25.0 Å². The van der Waals surface area contributed by atoms with Gasteiger partial charge in [-0.2, -0.15) is 0 Å². The van der Waals surface area contributed by atoms with Gasteiger partial charge >= 0.3 is 0 Å². The van der Waals surface area contributed by atoms with Gasteiger partial charge in [-0.05, 0) is 49.9 Å². The van der Waals surface area contributed by atoms with E-state index in [1.165, 1.54) is 37.9 Å². The first-order chi connectivity index (χ1) is 9.20. The van der Waals surface area contributed by atoms with Crippen LogP contribution in [0.15, 0.2) is 18.3 Å². The zero-order valence-corrected chi connectivity index (χ0v) is 12.5. The van der Waals surface area contributed by atoms with Crippen molar-refractivity contribution in [2.45, 2.75) is 46.1 Å². The molecular weight excluding hydrogens is 234 g/mol. The molecule has 0 unspecified atom stereocenters. The van der Waals surface area contributed by atoms with Gasteiger partial charge in [-0.3, -0.25) is 4.90 Å². The molecule has 0 aliphatic carbocycles. The second kappa shape index (κ2) is 6.90. The number of nitrogens with zero attached hydrogens (tertiary/aromatic N) is 2. The summed E-state index contributed by atoms with van der Waals surface area (Å²) in [7, 11) is 0. The van der Waals surface area contributed by atoms with Gasteiger partial charge in [-0.25, -0.2) is 4.98 Å². The number of hydrogen-bond acceptors (Lipinski definition) is 3. The van der Waals surface area contributed by atoms with Gasteiger partial charge < -0.3 is 5.32 Å². The minimum absolute atomic E-state index is 0.589. The highest BCUT2D eigenvalue weighted by Gasteiger charge is 2.25. The molecule has 1 saturated heterocycles. The molecule has 1 fully saturated rings. The summed E-state index contributed by atoms with van der Waals surface area (Å²) >= 11 is 0. The molecule has 0 spiro atoms. The molecule has 3 heteroatoms. The molecule has 1 N–H and O–H groups in total. The highest BCUT2D eigenvalue weighted by atomic mass is 15.2. The van der Waals surface area contributed by atoms with E-state index in [1.807, 2.05) is 0 Å². The summed E-state index contributed by atoms with van der Waals surface area (Å²) in [6.45, 7) is 10.1. The first-order valence-electron chi connectivity index (χ1n) is 7.64. The molecular formula is C16H27N3. The van der Waals surface area contributed by atoms with E-state index in [0.717, 1.165) is 12.4 Å². The van der Waals surface area contributed by atoms with Crippen LogP contribution in [0.2, 0.25) is 0 Å². The zero-order valence-electron chi connectivity index (χ0n) is 12.5. The third-order valence-corrected chi connectivity index (χ3v) is 3.74. The van der Waals surface area contributed by atoms with E-state index < -0.39 is 0 Å². The van der Waals surface area contributed by atoms with Crippen LogP contribution in [-0.2, 0) is 0 Å². The molecule has 1 aromatic rings. The summed E-state index contributed by atoms with van der Waals surface area (Å²) in [4.78, 5) is 7.15. The normalized spacial score (nSPS) is 20.1. The topological polar surface area (TPSA) is 28.2 Å². The predicted molar refractivity (Wildman–Crippen MR) is 81.4 cm³/mol. The number of rotatable bonds is 6. The number of pyridine rings is 1. The fourth-order valence-electron chi connectivity index (χ4n) is 2.77. The molecule has 3 nitrogen and oxygen atoms in total. The smallest absolute Gasteiger partial charge is 0.125 e. The van der Waals surface area contributed by atoms with Crippen LogP contribution in [0.5, 0.6) is 0 Å². The average molecular weight is 261 g/mol. The Hall–Kier alpha value is -1.09. The quantitative estimate of drug-likeness (QED) is 0.846. The van der Waals surface area contributed by atoms with Gasteiger partial charge in [0.15, 0.2) is 0 Å². The fraction of sp³-hybridized carbons (Fsp3) is 0.688. The van der Waals surface area contributed by atoms with Crippen LogP contribution < -0.4 is 5.32 Å². The van der Waals surface area contributed by atoms with Gasteiger partial charge in [0.1, 0.15) is 5.82 Å². The average Bonchev–Trinajstić information content (AvgIpc) is 2.86. The predicted octanol–water partition coefficient (Wildman–Crippen LogP) is 3.70. The van der Waals surface area contributed by atoms with Crippen molar-refractivity contribution < 1.29 is 0 Å². The second-order valence-corrected chi connectivity index (χ2v) is 5.95. The van der Waals surface area contributed by atoms with Crippen molar-refractivity contribution in [2.24, 2.45) is 5.92 Å². The van der Waals surface area contributed by atoms with Crippen molar-refractivity contribution in [3.8, 4) is 0 Å². The van der Waals surface area contributed by atoms with E-state index in [0.29, 0.717) is 12.0 Å². The minimum atomic E-state index is 0.589. The molecule has 0 saturated carbocycles. The molecule has 1 aromatic heterocycles. The van der Waals surface area contributed by atoms with Crippen LogP contribution in [0.3, 0.4) is 0 Å². The van der Waals surface area contributed by atoms with Crippen LogP contribution in [0.25, 0.3) is 0 Å². The first kappa shape index (κ1) is 14.3. The summed E-state index contributed by atoms with van der Waals surface area (Å²) < 4.78 is 0. The monoisotopic (exact) mass is 261 g/mol. The maximum Gasteiger partial charge on any atom is 0.125 e. The van der Waals surface area contributed by atoms with Crippen molar-refractivity contribution >= 4 is 5.82 Å². The van der Waals surface area contributed by atoms with E-state index in [9.17, 15) is 0 Å². The maximum atomic E-state index is 4.55. The van der Waals surface area contributed by atoms with Gasteiger partial charge in [0.25, 0.3) is 0 Å². The van der Waals surface area contributed by atoms with Gasteiger partial charge in [-0.1, -0.05) is 26.8 Å². The van der Waals surface area contributed by atoms with Crippen LogP contribution in [0.1, 0.15) is 51.6 Å². The Balaban J connectivity index is 1.97. The van der Waals surface area contributed by atoms with Crippen LogP contribution in [0, 0.1) is 5.92 Å². The Morgan fingerprint density at radius 2 is 2.26 bits per heavy atom. The van der Waals surface area contributed by atoms with E-state index in [-0.39, 0.29) is 0 Å². The lowest BCUT2D eigenvalue weighted by molar-refractivity contribution is 0.257. The standard InChI is InChI=1S/C16H27N3/c1-4-9-19-10-5-6-15(19)14-7-8-16(18-12-14)17-11-13(2)3/h7-8,12-13,15H,4-6,9-11H2,1-3H3,(H,17,18)/t15-/m1/s1. The molecule has 1 aliphatic heterocycles. The Bertz CT molecular complexity index is 372. The van der Waals surface area contributed by atoms with Gasteiger partial charge in [0, 0.05) is 18.8 Å². The molecule has 0 bridgehead atoms. The molecule has 0 aromatic carbocycles. The number of likely N-dealkylation sites (tertiary alicyclic amines) is 1. The largest absolute Gasteiger partial charge is 0.370 e. The van der Waals surface area contributed by atoms with Gasteiger partial charge in [-0.15, -0.1) is 0 Å². The molecule has 106 valence electrons. The third-order valence-electron chi connectivity index (χ3n) is 3.74. The summed E-state index contributed by atoms with van der Waals surface area (Å²) in [6, 6.07) is 4.96. The van der Waals surface area contributed by atoms with Crippen LogP contribution in [-0.4, -0.2) is 29.5 Å². The highest BCUT2D eigenvalue weighted by molar-refractivity contribution is 5.36. The van der Waals surface area contributed by atoms with E-state index >= 15 is 0 Å². The fourth-order valence-corrected chi connectivity index (χ4v) is 2.77. The van der Waals surface area contributed by atoms with E-state index in [1.54, 1.807) is 0 Å². The van der Waals surface area contributed by atoms with Crippen LogP contribution >= 0.6 is 0 Å². The maximum absolute atomic E-state index is 4.55. The molecule has 0 amide bonds. The lowest BCUT2D eigenvalue weighted by Gasteiger charge is -2.24. The number of anilines is 1. The summed E-state index contributed by atoms with van der Waals surface area (Å²) in [6.07, 6.45) is 5.89. The van der Waals surface area contributed by atoms with Crippen molar-refractivity contribution in [1.82, 2.24) is 9.88 Å². The van der Waals surface area contributed by atoms with Crippen molar-refractivity contribution in [3.05, 3.63) is 23.9 Å². The van der Waals surface area contributed by atoms with E-state index in [2.05, 4.69) is 54.3 Å². The van der Waals surface area contributed by atoms with Crippen LogP contribution in [0.4, 0.5) is 5.82 Å². The Labute approximate surface area is 117 Å². The molecule has 1 aliphatic rings. The molecule has 0 radical (unpaired) electrons. The lowest BCUT2D eigenvalue weighted by atomic mass is 10.1. The molecule has 19 heavy (non-hydrogen) atoms. The van der Waals surface area contributed by atoms with Crippen molar-refractivity contribution in [3.63, 3.8) is 0 Å². The van der Waals surface area contributed by atoms with Gasteiger partial charge in [0.2, 0.25) is 0 Å². The number of hydrogen-bond donors (Lipinski definition) is 1. The third kappa shape index (κ3) is 3.93. The van der Waals surface area contributed by atoms with Crippen molar-refractivity contribution in [1.29, 1.82) is 0 Å². The Morgan fingerprint density at radius 3 is 2.89 bits per heavy atom. The molecule has 2 rings (SSSR count). The summed E-state index contributed by atoms with van der Waals surface area (Å²) in [5.41, 5.74) is 1.38. The zero-order chi connectivity index (χ0) is 13.7. The first-order valence-corrected chi connectivity index (χ1v) is 7.64. The second-order valence-electron chi connectivity index (χ2n) is 5.95. The summed E-state index contributed by atoms with van der Waals surface area (Å²) in [5, 5.41) is 3.37. The summed E-state index contributed by atoms with van der Waals surface area (Å²) in [5.74, 6) is 1.65. The minimum Gasteiger partial charge on any atom is -0.370 e. The SMILES string of the molecule is CCCN1CCC[C@@H]1c1ccc(NCC(C)C)nc1. The van der Waals surface area contributed by atoms with E-state index in [4.69, 9.17) is 0 Å². The Kier molecular flexibility index (Phi) is 5.20. The number of nitrogens with one attached hydrogen (secondary N) is 1.